The van der Waals surface area contributed by atoms with E-state index >= 15 is 0 Å². The Balaban J connectivity index is 2.72. The Morgan fingerprint density at radius 2 is 2.22 bits per heavy atom. The molecule has 0 aliphatic carbocycles. The predicted octanol–water partition coefficient (Wildman–Crippen LogP) is 3.11. The number of ether oxygens (including phenoxy) is 1. The molecule has 3 heteroatoms. The van der Waals surface area contributed by atoms with Crippen molar-refractivity contribution >= 4 is 0 Å². The van der Waals surface area contributed by atoms with Crippen LogP contribution in [0.3, 0.4) is 0 Å². The van der Waals surface area contributed by atoms with Crippen molar-refractivity contribution in [2.45, 2.75) is 45.6 Å². The fraction of sp³-hybridized carbons (Fsp3) is 0.667. The molecule has 0 spiro atoms. The van der Waals surface area contributed by atoms with Gasteiger partial charge in [0.05, 0.1) is 0 Å². The second-order valence-electron chi connectivity index (χ2n) is 4.57. The molecule has 0 radical (unpaired) electrons. The fourth-order valence-electron chi connectivity index (χ4n) is 2.19. The monoisotopic (exact) mass is 250 g/mol. The first kappa shape index (κ1) is 15.1. The van der Waals surface area contributed by atoms with E-state index in [0.717, 1.165) is 38.8 Å². The minimum atomic E-state index is 0.429. The van der Waals surface area contributed by atoms with Gasteiger partial charge >= 0.3 is 0 Å². The van der Waals surface area contributed by atoms with Crippen LogP contribution in [0.1, 0.15) is 50.3 Å². The van der Waals surface area contributed by atoms with Gasteiger partial charge in [-0.05, 0) is 49.4 Å². The first-order valence-electron chi connectivity index (χ1n) is 6.98. The van der Waals surface area contributed by atoms with Crippen LogP contribution in [-0.2, 0) is 11.2 Å². The number of methoxy groups -OCH3 is 1. The van der Waals surface area contributed by atoms with Crippen molar-refractivity contribution in [3.8, 4) is 0 Å². The molecule has 3 nitrogen and oxygen atoms in total. The molecule has 18 heavy (non-hydrogen) atoms. The van der Waals surface area contributed by atoms with Gasteiger partial charge in [0, 0.05) is 32.2 Å². The molecule has 0 saturated carbocycles. The molecular formula is C15H26N2O. The summed E-state index contributed by atoms with van der Waals surface area (Å²) in [6.45, 7) is 6.28. The van der Waals surface area contributed by atoms with Gasteiger partial charge in [-0.3, -0.25) is 4.98 Å². The Labute approximate surface area is 111 Å². The van der Waals surface area contributed by atoms with Gasteiger partial charge < -0.3 is 10.1 Å². The molecule has 0 aliphatic heterocycles. The van der Waals surface area contributed by atoms with Crippen molar-refractivity contribution in [2.75, 3.05) is 20.3 Å². The number of aryl methyl sites for hydroxylation is 1. The summed E-state index contributed by atoms with van der Waals surface area (Å²) in [4.78, 5) is 4.22. The van der Waals surface area contributed by atoms with E-state index in [4.69, 9.17) is 4.74 Å². The van der Waals surface area contributed by atoms with Gasteiger partial charge in [-0.2, -0.15) is 0 Å². The molecule has 0 bridgehead atoms. The minimum absolute atomic E-state index is 0.429. The van der Waals surface area contributed by atoms with Crippen molar-refractivity contribution in [3.05, 3.63) is 29.6 Å². The molecule has 0 aromatic carbocycles. The Hall–Kier alpha value is -0.930. The van der Waals surface area contributed by atoms with Gasteiger partial charge in [0.1, 0.15) is 0 Å². The highest BCUT2D eigenvalue weighted by Crippen LogP contribution is 2.22. The maximum Gasteiger partial charge on any atom is 0.0462 e. The third kappa shape index (κ3) is 4.75. The third-order valence-electron chi connectivity index (χ3n) is 3.18. The van der Waals surface area contributed by atoms with Crippen LogP contribution in [0.2, 0.25) is 0 Å². The topological polar surface area (TPSA) is 34.1 Å². The zero-order valence-corrected chi connectivity index (χ0v) is 11.9. The molecule has 0 amide bonds. The van der Waals surface area contributed by atoms with Gasteiger partial charge in [0.2, 0.25) is 0 Å². The average molecular weight is 250 g/mol. The Bertz CT molecular complexity index is 328. The normalized spacial score (nSPS) is 12.6. The van der Waals surface area contributed by atoms with Crippen molar-refractivity contribution in [2.24, 2.45) is 0 Å². The summed E-state index contributed by atoms with van der Waals surface area (Å²) in [5.74, 6) is 0. The molecule has 1 unspecified atom stereocenters. The summed E-state index contributed by atoms with van der Waals surface area (Å²) in [5.41, 5.74) is 2.75. The first-order valence-corrected chi connectivity index (χ1v) is 6.98. The summed E-state index contributed by atoms with van der Waals surface area (Å²) in [7, 11) is 1.76. The second kappa shape index (κ2) is 9.06. The van der Waals surface area contributed by atoms with E-state index in [2.05, 4.69) is 30.2 Å². The number of aromatic nitrogens is 1. The lowest BCUT2D eigenvalue weighted by Gasteiger charge is -2.21. The molecule has 0 saturated heterocycles. The van der Waals surface area contributed by atoms with Crippen molar-refractivity contribution in [1.29, 1.82) is 0 Å². The van der Waals surface area contributed by atoms with Crippen LogP contribution in [0.25, 0.3) is 0 Å². The summed E-state index contributed by atoms with van der Waals surface area (Å²) in [6.07, 6.45) is 8.29. The van der Waals surface area contributed by atoms with Crippen LogP contribution in [0.5, 0.6) is 0 Å². The fourth-order valence-corrected chi connectivity index (χ4v) is 2.19. The largest absolute Gasteiger partial charge is 0.385 e. The summed E-state index contributed by atoms with van der Waals surface area (Å²) < 4.78 is 5.15. The Morgan fingerprint density at radius 1 is 1.39 bits per heavy atom. The quantitative estimate of drug-likeness (QED) is 0.684. The van der Waals surface area contributed by atoms with E-state index in [1.54, 1.807) is 7.11 Å². The lowest BCUT2D eigenvalue weighted by Crippen LogP contribution is -2.23. The van der Waals surface area contributed by atoms with Crippen molar-refractivity contribution < 1.29 is 4.74 Å². The molecule has 0 fully saturated rings. The number of pyridine rings is 1. The van der Waals surface area contributed by atoms with Crippen LogP contribution >= 0.6 is 0 Å². The number of nitrogens with one attached hydrogen (secondary N) is 1. The van der Waals surface area contributed by atoms with Crippen LogP contribution in [-0.4, -0.2) is 25.2 Å². The number of nitrogens with zero attached hydrogens (tertiary/aromatic N) is 1. The molecule has 1 N–H and O–H groups in total. The van der Waals surface area contributed by atoms with Gasteiger partial charge in [-0.1, -0.05) is 13.8 Å². The van der Waals surface area contributed by atoms with E-state index in [-0.39, 0.29) is 0 Å². The molecule has 1 heterocycles. The summed E-state index contributed by atoms with van der Waals surface area (Å²) in [5, 5.41) is 3.64. The maximum absolute atomic E-state index is 5.15. The summed E-state index contributed by atoms with van der Waals surface area (Å²) >= 11 is 0. The van der Waals surface area contributed by atoms with Gasteiger partial charge in [0.25, 0.3) is 0 Å². The molecule has 1 aromatic rings. The predicted molar refractivity (Wildman–Crippen MR) is 75.8 cm³/mol. The second-order valence-corrected chi connectivity index (χ2v) is 4.57. The van der Waals surface area contributed by atoms with E-state index in [9.17, 15) is 0 Å². The molecule has 1 aromatic heterocycles. The van der Waals surface area contributed by atoms with Gasteiger partial charge in [0.15, 0.2) is 0 Å². The molecule has 102 valence electrons. The summed E-state index contributed by atoms with van der Waals surface area (Å²) in [6, 6.07) is 2.58. The van der Waals surface area contributed by atoms with Crippen molar-refractivity contribution in [1.82, 2.24) is 10.3 Å². The Kier molecular flexibility index (Phi) is 7.62. The third-order valence-corrected chi connectivity index (χ3v) is 3.18. The standard InChI is InChI=1S/C15H26N2O/c1-4-9-17-15(7-6-11-18-3)14-8-10-16-12-13(14)5-2/h8,10,12,15,17H,4-7,9,11H2,1-3H3. The number of hydrogen-bond donors (Lipinski definition) is 1. The van der Waals surface area contributed by atoms with Crippen LogP contribution in [0, 0.1) is 0 Å². The molecule has 0 aliphatic rings. The lowest BCUT2D eigenvalue weighted by molar-refractivity contribution is 0.188. The van der Waals surface area contributed by atoms with Crippen LogP contribution in [0.4, 0.5) is 0 Å². The first-order chi connectivity index (χ1) is 8.83. The number of rotatable bonds is 9. The SMILES string of the molecule is CCCNC(CCCOC)c1ccncc1CC. The van der Waals surface area contributed by atoms with Crippen molar-refractivity contribution in [3.63, 3.8) is 0 Å². The maximum atomic E-state index is 5.15. The van der Waals surface area contributed by atoms with Crippen LogP contribution in [0.15, 0.2) is 18.5 Å². The smallest absolute Gasteiger partial charge is 0.0462 e. The molecule has 1 atom stereocenters. The zero-order chi connectivity index (χ0) is 13.2. The van der Waals surface area contributed by atoms with E-state index in [1.807, 2.05) is 12.4 Å². The Morgan fingerprint density at radius 3 is 2.89 bits per heavy atom. The minimum Gasteiger partial charge on any atom is -0.385 e. The number of hydrogen-bond acceptors (Lipinski definition) is 3. The average Bonchev–Trinajstić information content (AvgIpc) is 2.42. The highest BCUT2D eigenvalue weighted by Gasteiger charge is 2.13. The van der Waals surface area contributed by atoms with Crippen LogP contribution < -0.4 is 5.32 Å². The highest BCUT2D eigenvalue weighted by atomic mass is 16.5. The van der Waals surface area contributed by atoms with E-state index < -0.39 is 0 Å². The van der Waals surface area contributed by atoms with E-state index in [1.165, 1.54) is 11.1 Å². The zero-order valence-electron chi connectivity index (χ0n) is 11.9. The lowest BCUT2D eigenvalue weighted by atomic mass is 9.97. The van der Waals surface area contributed by atoms with Gasteiger partial charge in [-0.25, -0.2) is 0 Å². The highest BCUT2D eigenvalue weighted by molar-refractivity contribution is 5.26. The van der Waals surface area contributed by atoms with E-state index in [0.29, 0.717) is 6.04 Å². The molecular weight excluding hydrogens is 224 g/mol. The van der Waals surface area contributed by atoms with Gasteiger partial charge in [-0.15, -0.1) is 0 Å². The molecule has 1 rings (SSSR count).